The Hall–Kier alpha value is -1.13. The van der Waals surface area contributed by atoms with Crippen LogP contribution in [0.15, 0.2) is 18.2 Å². The van der Waals surface area contributed by atoms with Crippen LogP contribution in [0.25, 0.3) is 0 Å². The van der Waals surface area contributed by atoms with Crippen molar-refractivity contribution in [2.24, 2.45) is 5.73 Å². The predicted molar refractivity (Wildman–Crippen MR) is 71.2 cm³/mol. The third-order valence-electron chi connectivity index (χ3n) is 3.25. The van der Waals surface area contributed by atoms with E-state index in [4.69, 9.17) is 10.5 Å². The molecule has 0 bridgehead atoms. The molecule has 3 nitrogen and oxygen atoms in total. The summed E-state index contributed by atoms with van der Waals surface area (Å²) in [5.41, 5.74) is 7.16. The maximum Gasteiger partial charge on any atom is 0.146 e. The van der Waals surface area contributed by atoms with Crippen molar-refractivity contribution in [3.63, 3.8) is 0 Å². The summed E-state index contributed by atoms with van der Waals surface area (Å²) in [5.74, 6) is -0.206. The van der Waals surface area contributed by atoms with Gasteiger partial charge in [-0.05, 0) is 32.4 Å². The standard InChI is InChI=1S/C14H21FN2O/c1-10(16)11-5-4-6-12(15)13(11)17-7-8-18-14(2,3)9-17/h4-6,10H,7-9,16H2,1-3H3. The lowest BCUT2D eigenvalue weighted by Gasteiger charge is -2.40. The molecule has 1 unspecified atom stereocenters. The number of hydrogen-bond acceptors (Lipinski definition) is 3. The number of para-hydroxylation sites is 1. The fourth-order valence-corrected chi connectivity index (χ4v) is 2.44. The van der Waals surface area contributed by atoms with Crippen LogP contribution in [0.5, 0.6) is 0 Å². The molecule has 1 heterocycles. The lowest BCUT2D eigenvalue weighted by Crippen LogP contribution is -2.49. The third-order valence-corrected chi connectivity index (χ3v) is 3.25. The lowest BCUT2D eigenvalue weighted by molar-refractivity contribution is -0.0279. The van der Waals surface area contributed by atoms with Crippen molar-refractivity contribution >= 4 is 5.69 Å². The van der Waals surface area contributed by atoms with Gasteiger partial charge in [0.2, 0.25) is 0 Å². The highest BCUT2D eigenvalue weighted by molar-refractivity contribution is 5.56. The molecule has 1 saturated heterocycles. The maximum absolute atomic E-state index is 14.1. The quantitative estimate of drug-likeness (QED) is 0.878. The predicted octanol–water partition coefficient (Wildman–Crippen LogP) is 2.46. The Morgan fingerprint density at radius 1 is 1.44 bits per heavy atom. The zero-order chi connectivity index (χ0) is 13.3. The second kappa shape index (κ2) is 4.86. The monoisotopic (exact) mass is 252 g/mol. The summed E-state index contributed by atoms with van der Waals surface area (Å²) in [6.07, 6.45) is 0. The first-order valence-electron chi connectivity index (χ1n) is 6.33. The van der Waals surface area contributed by atoms with Crippen LogP contribution in [0.2, 0.25) is 0 Å². The van der Waals surface area contributed by atoms with Gasteiger partial charge in [0.25, 0.3) is 0 Å². The molecule has 1 aliphatic heterocycles. The molecule has 1 aromatic carbocycles. The molecule has 1 fully saturated rings. The second-order valence-corrected chi connectivity index (χ2v) is 5.50. The number of hydrogen-bond donors (Lipinski definition) is 1. The number of nitrogens with zero attached hydrogens (tertiary/aromatic N) is 1. The Morgan fingerprint density at radius 3 is 2.78 bits per heavy atom. The van der Waals surface area contributed by atoms with Crippen LogP contribution in [0.1, 0.15) is 32.4 Å². The molecule has 4 heteroatoms. The molecule has 100 valence electrons. The van der Waals surface area contributed by atoms with Crippen molar-refractivity contribution in [1.82, 2.24) is 0 Å². The average molecular weight is 252 g/mol. The number of nitrogens with two attached hydrogens (primary N) is 1. The molecule has 0 radical (unpaired) electrons. The van der Waals surface area contributed by atoms with Crippen molar-refractivity contribution in [3.05, 3.63) is 29.6 Å². The van der Waals surface area contributed by atoms with Gasteiger partial charge in [-0.25, -0.2) is 4.39 Å². The molecular weight excluding hydrogens is 231 g/mol. The van der Waals surface area contributed by atoms with Crippen LogP contribution < -0.4 is 10.6 Å². The van der Waals surface area contributed by atoms with E-state index in [1.165, 1.54) is 6.07 Å². The summed E-state index contributed by atoms with van der Waals surface area (Å²) in [5, 5.41) is 0. The zero-order valence-corrected chi connectivity index (χ0v) is 11.2. The fourth-order valence-electron chi connectivity index (χ4n) is 2.44. The minimum absolute atomic E-state index is 0.179. The van der Waals surface area contributed by atoms with Crippen LogP contribution in [0, 0.1) is 5.82 Å². The highest BCUT2D eigenvalue weighted by Gasteiger charge is 2.30. The number of morpholine rings is 1. The van der Waals surface area contributed by atoms with E-state index in [9.17, 15) is 4.39 Å². The molecule has 0 amide bonds. The number of ether oxygens (including phenoxy) is 1. The van der Waals surface area contributed by atoms with E-state index in [1.807, 2.05) is 31.7 Å². The number of benzene rings is 1. The van der Waals surface area contributed by atoms with Crippen LogP contribution in [0.4, 0.5) is 10.1 Å². The molecule has 2 N–H and O–H groups in total. The van der Waals surface area contributed by atoms with Crippen LogP contribution in [-0.2, 0) is 4.74 Å². The Bertz CT molecular complexity index is 432. The van der Waals surface area contributed by atoms with Crippen LogP contribution in [0.3, 0.4) is 0 Å². The van der Waals surface area contributed by atoms with E-state index in [0.717, 1.165) is 5.56 Å². The smallest absolute Gasteiger partial charge is 0.146 e. The Kier molecular flexibility index (Phi) is 3.59. The van der Waals surface area contributed by atoms with Gasteiger partial charge in [-0.2, -0.15) is 0 Å². The minimum atomic E-state index is -0.254. The van der Waals surface area contributed by atoms with Crippen molar-refractivity contribution < 1.29 is 9.13 Å². The van der Waals surface area contributed by atoms with E-state index in [-0.39, 0.29) is 17.5 Å². The number of halogens is 1. The van der Waals surface area contributed by atoms with E-state index >= 15 is 0 Å². The number of anilines is 1. The van der Waals surface area contributed by atoms with Crippen molar-refractivity contribution in [2.45, 2.75) is 32.4 Å². The van der Waals surface area contributed by atoms with Gasteiger partial charge in [0.15, 0.2) is 0 Å². The summed E-state index contributed by atoms with van der Waals surface area (Å²) in [7, 11) is 0. The van der Waals surface area contributed by atoms with Gasteiger partial charge in [-0.1, -0.05) is 12.1 Å². The molecule has 18 heavy (non-hydrogen) atoms. The second-order valence-electron chi connectivity index (χ2n) is 5.50. The third kappa shape index (κ3) is 2.65. The Balaban J connectivity index is 2.38. The molecule has 2 rings (SSSR count). The normalized spacial score (nSPS) is 20.8. The highest BCUT2D eigenvalue weighted by atomic mass is 19.1. The van der Waals surface area contributed by atoms with Crippen molar-refractivity contribution in [2.75, 3.05) is 24.6 Å². The average Bonchev–Trinajstić information content (AvgIpc) is 2.27. The summed E-state index contributed by atoms with van der Waals surface area (Å²) in [4.78, 5) is 2.04. The first kappa shape index (κ1) is 13.3. The Morgan fingerprint density at radius 2 is 2.17 bits per heavy atom. The topological polar surface area (TPSA) is 38.5 Å². The maximum atomic E-state index is 14.1. The molecule has 0 aliphatic carbocycles. The van der Waals surface area contributed by atoms with Crippen molar-refractivity contribution in [3.8, 4) is 0 Å². The summed E-state index contributed by atoms with van der Waals surface area (Å²) in [6.45, 7) is 7.90. The van der Waals surface area contributed by atoms with Gasteiger partial charge < -0.3 is 15.4 Å². The first-order valence-corrected chi connectivity index (χ1v) is 6.33. The van der Waals surface area contributed by atoms with Gasteiger partial charge in [-0.15, -0.1) is 0 Å². The number of rotatable bonds is 2. The van der Waals surface area contributed by atoms with Gasteiger partial charge in [-0.3, -0.25) is 0 Å². The molecule has 0 saturated carbocycles. The minimum Gasteiger partial charge on any atom is -0.372 e. The van der Waals surface area contributed by atoms with E-state index < -0.39 is 0 Å². The van der Waals surface area contributed by atoms with Crippen LogP contribution in [-0.4, -0.2) is 25.3 Å². The van der Waals surface area contributed by atoms with E-state index in [0.29, 0.717) is 25.4 Å². The molecule has 1 aromatic rings. The lowest BCUT2D eigenvalue weighted by atomic mass is 10.0. The fraction of sp³-hybridized carbons (Fsp3) is 0.571. The van der Waals surface area contributed by atoms with Gasteiger partial charge >= 0.3 is 0 Å². The zero-order valence-electron chi connectivity index (χ0n) is 11.2. The molecular formula is C14H21FN2O. The first-order chi connectivity index (χ1) is 8.41. The van der Waals surface area contributed by atoms with E-state index in [2.05, 4.69) is 0 Å². The summed E-state index contributed by atoms with van der Waals surface area (Å²) >= 11 is 0. The van der Waals surface area contributed by atoms with Gasteiger partial charge in [0.1, 0.15) is 5.82 Å². The molecule has 1 atom stereocenters. The highest BCUT2D eigenvalue weighted by Crippen LogP contribution is 2.31. The molecule has 0 spiro atoms. The van der Waals surface area contributed by atoms with Crippen molar-refractivity contribution in [1.29, 1.82) is 0 Å². The SMILES string of the molecule is CC(N)c1cccc(F)c1N1CCOC(C)(C)C1. The summed E-state index contributed by atoms with van der Waals surface area (Å²) < 4.78 is 19.8. The Labute approximate surface area is 108 Å². The van der Waals surface area contributed by atoms with Gasteiger partial charge in [0, 0.05) is 19.1 Å². The molecule has 1 aliphatic rings. The van der Waals surface area contributed by atoms with E-state index in [1.54, 1.807) is 6.07 Å². The largest absolute Gasteiger partial charge is 0.372 e. The summed E-state index contributed by atoms with van der Waals surface area (Å²) in [6, 6.07) is 4.92. The van der Waals surface area contributed by atoms with Crippen LogP contribution >= 0.6 is 0 Å². The van der Waals surface area contributed by atoms with Gasteiger partial charge in [0.05, 0.1) is 17.9 Å². The molecule has 0 aromatic heterocycles.